The van der Waals surface area contributed by atoms with Gasteiger partial charge in [0.1, 0.15) is 5.58 Å². The van der Waals surface area contributed by atoms with Crippen molar-refractivity contribution < 1.29 is 27.1 Å². The lowest BCUT2D eigenvalue weighted by molar-refractivity contribution is 0.379. The van der Waals surface area contributed by atoms with Gasteiger partial charge in [-0.1, -0.05) is 30.3 Å². The summed E-state index contributed by atoms with van der Waals surface area (Å²) in [5, 5.41) is 20.2. The van der Waals surface area contributed by atoms with E-state index >= 15 is 0 Å². The Morgan fingerprint density at radius 1 is 1.10 bits per heavy atom. The summed E-state index contributed by atoms with van der Waals surface area (Å²) in [5.74, 6) is -1.55. The molecule has 0 bridgehead atoms. The van der Waals surface area contributed by atoms with Crippen molar-refractivity contribution in [3.05, 3.63) is 65.9 Å². The molecule has 3 N–H and O–H groups in total. The number of fused-ring (bicyclic) bond motifs is 1. The molecule has 0 fully saturated rings. The molecule has 0 aliphatic carbocycles. The normalized spacial score (nSPS) is 13.3. The fraction of sp³-hybridized carbons (Fsp3) is 0.263. The zero-order chi connectivity index (χ0) is 21.9. The topological polar surface area (TPSA) is 129 Å². The highest BCUT2D eigenvalue weighted by molar-refractivity contribution is 7.92. The number of nitrogens with zero attached hydrogens (tertiary/aromatic N) is 1. The SMILES string of the molecule is CS(C)(=O)=Nc1cccc(CS(=O)(=O)N[C@@H](Cc2coc3ccccc23)B(O)O)c1. The van der Waals surface area contributed by atoms with Crippen LogP contribution in [0.5, 0.6) is 0 Å². The van der Waals surface area contributed by atoms with Crippen molar-refractivity contribution in [2.75, 3.05) is 12.5 Å². The summed E-state index contributed by atoms with van der Waals surface area (Å²) in [4.78, 5) is 0. The van der Waals surface area contributed by atoms with E-state index in [1.807, 2.05) is 18.2 Å². The molecule has 3 aromatic rings. The van der Waals surface area contributed by atoms with Crippen LogP contribution in [0.4, 0.5) is 5.69 Å². The molecule has 0 saturated heterocycles. The monoisotopic (exact) mass is 450 g/mol. The van der Waals surface area contributed by atoms with E-state index in [0.29, 0.717) is 22.4 Å². The van der Waals surface area contributed by atoms with Gasteiger partial charge in [-0.2, -0.15) is 4.36 Å². The van der Waals surface area contributed by atoms with E-state index < -0.39 is 32.8 Å². The fourth-order valence-corrected chi connectivity index (χ4v) is 5.07. The summed E-state index contributed by atoms with van der Waals surface area (Å²) in [6.45, 7) is 0. The second-order valence-electron chi connectivity index (χ2n) is 7.30. The lowest BCUT2D eigenvalue weighted by Gasteiger charge is -2.17. The first-order chi connectivity index (χ1) is 14.0. The van der Waals surface area contributed by atoms with Gasteiger partial charge in [0.05, 0.1) is 23.6 Å². The maximum atomic E-state index is 12.7. The van der Waals surface area contributed by atoms with Crippen molar-refractivity contribution in [3.8, 4) is 0 Å². The molecule has 3 rings (SSSR count). The zero-order valence-electron chi connectivity index (χ0n) is 16.6. The minimum absolute atomic E-state index is 0.0387. The molecule has 0 unspecified atom stereocenters. The van der Waals surface area contributed by atoms with Gasteiger partial charge in [-0.25, -0.2) is 17.3 Å². The van der Waals surface area contributed by atoms with Crippen LogP contribution in [-0.2, 0) is 31.9 Å². The molecule has 1 aromatic heterocycles. The summed E-state index contributed by atoms with van der Waals surface area (Å²) in [7, 11) is -8.19. The molecule has 8 nitrogen and oxygen atoms in total. The third-order valence-corrected chi connectivity index (χ3v) is 6.31. The third kappa shape index (κ3) is 6.16. The molecule has 1 heterocycles. The first-order valence-electron chi connectivity index (χ1n) is 9.10. The van der Waals surface area contributed by atoms with Gasteiger partial charge >= 0.3 is 7.12 Å². The highest BCUT2D eigenvalue weighted by atomic mass is 32.2. The quantitative estimate of drug-likeness (QED) is 0.449. The van der Waals surface area contributed by atoms with E-state index in [1.165, 1.54) is 18.8 Å². The number of hydrogen-bond acceptors (Lipinski definition) is 7. The summed E-state index contributed by atoms with van der Waals surface area (Å²) in [6.07, 6.45) is 4.50. The van der Waals surface area contributed by atoms with E-state index in [2.05, 4.69) is 9.08 Å². The second-order valence-corrected chi connectivity index (χ2v) is 11.6. The molecule has 160 valence electrons. The number of para-hydroxylation sites is 1. The van der Waals surface area contributed by atoms with E-state index in [1.54, 1.807) is 30.3 Å². The molecule has 1 atom stereocenters. The Bertz CT molecular complexity index is 1250. The molecule has 0 radical (unpaired) electrons. The summed E-state index contributed by atoms with van der Waals surface area (Å²) >= 11 is 0. The number of sulfonamides is 1. The highest BCUT2D eigenvalue weighted by Crippen LogP contribution is 2.23. The maximum Gasteiger partial charge on any atom is 0.471 e. The maximum absolute atomic E-state index is 12.7. The molecule has 11 heteroatoms. The molecule has 0 spiro atoms. The molecule has 0 aliphatic heterocycles. The van der Waals surface area contributed by atoms with Gasteiger partial charge in [0.15, 0.2) is 0 Å². The zero-order valence-corrected chi connectivity index (χ0v) is 18.2. The largest absolute Gasteiger partial charge is 0.471 e. The third-order valence-electron chi connectivity index (χ3n) is 4.28. The smallest absolute Gasteiger partial charge is 0.464 e. The van der Waals surface area contributed by atoms with Gasteiger partial charge in [-0.15, -0.1) is 0 Å². The Kier molecular flexibility index (Phi) is 6.68. The Labute approximate surface area is 176 Å². The van der Waals surface area contributed by atoms with Crippen LogP contribution in [-0.4, -0.2) is 48.2 Å². The van der Waals surface area contributed by atoms with Crippen molar-refractivity contribution in [1.29, 1.82) is 0 Å². The van der Waals surface area contributed by atoms with E-state index in [0.717, 1.165) is 5.39 Å². The van der Waals surface area contributed by atoms with Crippen molar-refractivity contribution in [2.24, 2.45) is 4.36 Å². The molecule has 0 aliphatic rings. The molecular weight excluding hydrogens is 427 g/mol. The fourth-order valence-electron chi connectivity index (χ4n) is 3.08. The van der Waals surface area contributed by atoms with Crippen LogP contribution in [0.1, 0.15) is 11.1 Å². The van der Waals surface area contributed by atoms with Crippen LogP contribution in [0.3, 0.4) is 0 Å². The van der Waals surface area contributed by atoms with E-state index in [9.17, 15) is 22.7 Å². The predicted molar refractivity (Wildman–Crippen MR) is 118 cm³/mol. The summed E-state index contributed by atoms with van der Waals surface area (Å²) in [5.41, 5.74) is 2.15. The van der Waals surface area contributed by atoms with Gasteiger partial charge < -0.3 is 14.5 Å². The van der Waals surface area contributed by atoms with Crippen LogP contribution in [0.2, 0.25) is 0 Å². The minimum atomic E-state index is -3.91. The van der Waals surface area contributed by atoms with Crippen LogP contribution in [0, 0.1) is 0 Å². The van der Waals surface area contributed by atoms with Gasteiger partial charge in [0.25, 0.3) is 0 Å². The van der Waals surface area contributed by atoms with Crippen LogP contribution >= 0.6 is 0 Å². The van der Waals surface area contributed by atoms with E-state index in [-0.39, 0.29) is 12.2 Å². The molecule has 30 heavy (non-hydrogen) atoms. The number of rotatable bonds is 8. The Hall–Kier alpha value is -2.18. The van der Waals surface area contributed by atoms with Crippen molar-refractivity contribution in [3.63, 3.8) is 0 Å². The average Bonchev–Trinajstić information content (AvgIpc) is 3.02. The first kappa shape index (κ1) is 22.5. The summed E-state index contributed by atoms with van der Waals surface area (Å²) < 4.78 is 49.0. The lowest BCUT2D eigenvalue weighted by atomic mass is 9.77. The van der Waals surface area contributed by atoms with Gasteiger partial charge in [-0.3, -0.25) is 0 Å². The Balaban J connectivity index is 1.78. The summed E-state index contributed by atoms with van der Waals surface area (Å²) in [6, 6.07) is 13.6. The number of nitrogens with one attached hydrogen (secondary N) is 1. The highest BCUT2D eigenvalue weighted by Gasteiger charge is 2.29. The Morgan fingerprint density at radius 3 is 2.53 bits per heavy atom. The average molecular weight is 450 g/mol. The lowest BCUT2D eigenvalue weighted by Crippen LogP contribution is -2.48. The predicted octanol–water partition coefficient (Wildman–Crippen LogP) is 1.83. The van der Waals surface area contributed by atoms with Crippen molar-refractivity contribution >= 4 is 43.5 Å². The number of hydrogen-bond donors (Lipinski definition) is 3. The first-order valence-corrected chi connectivity index (χ1v) is 13.1. The van der Waals surface area contributed by atoms with Gasteiger partial charge in [0, 0.05) is 27.6 Å². The minimum Gasteiger partial charge on any atom is -0.464 e. The van der Waals surface area contributed by atoms with Crippen LogP contribution in [0.15, 0.2) is 63.6 Å². The van der Waals surface area contributed by atoms with Crippen molar-refractivity contribution in [1.82, 2.24) is 4.72 Å². The van der Waals surface area contributed by atoms with Gasteiger partial charge in [-0.05, 0) is 35.7 Å². The van der Waals surface area contributed by atoms with Crippen LogP contribution in [0.25, 0.3) is 11.0 Å². The molecule has 0 amide bonds. The second kappa shape index (κ2) is 8.90. The van der Waals surface area contributed by atoms with Gasteiger partial charge in [0.2, 0.25) is 10.0 Å². The Morgan fingerprint density at radius 2 is 1.83 bits per heavy atom. The molecule has 0 saturated carbocycles. The number of benzene rings is 2. The number of furan rings is 1. The molecular formula is C19H23BN2O6S2. The molecule has 2 aromatic carbocycles. The van der Waals surface area contributed by atoms with Crippen LogP contribution < -0.4 is 4.72 Å². The standard InChI is InChI=1S/C19H23BN2O6S2/c1-29(2,25)21-16-7-5-6-14(10-16)13-30(26,27)22-19(20(23)24)11-15-12-28-18-9-4-3-8-17(15)18/h3-10,12,19,22-24H,11,13H2,1-2H3/t19-/m0/s1. The van der Waals surface area contributed by atoms with E-state index in [4.69, 9.17) is 4.42 Å². The van der Waals surface area contributed by atoms with Crippen molar-refractivity contribution in [2.45, 2.75) is 18.1 Å².